The lowest BCUT2D eigenvalue weighted by Crippen LogP contribution is -2.35. The Hall–Kier alpha value is -2.04. The highest BCUT2D eigenvalue weighted by Gasteiger charge is 2.31. The molecule has 1 aromatic rings. The van der Waals surface area contributed by atoms with Gasteiger partial charge in [-0.15, -0.1) is 0 Å². The van der Waals surface area contributed by atoms with Crippen LogP contribution in [0.1, 0.15) is 18.7 Å². The van der Waals surface area contributed by atoms with Crippen LogP contribution in [0.4, 0.5) is 0 Å². The number of methoxy groups -OCH3 is 1. The van der Waals surface area contributed by atoms with Gasteiger partial charge in [0.15, 0.2) is 6.23 Å². The number of carbonyl (C=O) groups excluding carboxylic acids is 1. The van der Waals surface area contributed by atoms with Gasteiger partial charge in [0, 0.05) is 18.9 Å². The predicted octanol–water partition coefficient (Wildman–Crippen LogP) is 0.221. The number of H-pyrrole nitrogens is 1. The van der Waals surface area contributed by atoms with Crippen molar-refractivity contribution in [3.8, 4) is 0 Å². The summed E-state index contributed by atoms with van der Waals surface area (Å²) in [4.78, 5) is 37.0. The van der Waals surface area contributed by atoms with E-state index in [0.717, 1.165) is 0 Å². The van der Waals surface area contributed by atoms with Gasteiger partial charge in [-0.05, 0) is 19.9 Å². The fourth-order valence-electron chi connectivity index (χ4n) is 2.30. The Balaban J connectivity index is 1.98. The molecule has 2 rings (SSSR count). The highest BCUT2D eigenvalue weighted by Crippen LogP contribution is 2.43. The molecule has 2 heterocycles. The Labute approximate surface area is 154 Å². The van der Waals surface area contributed by atoms with Crippen molar-refractivity contribution >= 4 is 13.7 Å². The minimum absolute atomic E-state index is 0.157. The number of aromatic nitrogens is 2. The molecule has 1 aliphatic rings. The number of hydrogen-bond acceptors (Lipinski definition) is 8. The molecule has 0 aliphatic carbocycles. The number of aromatic amines is 1. The van der Waals surface area contributed by atoms with Crippen molar-refractivity contribution in [2.24, 2.45) is 0 Å². The van der Waals surface area contributed by atoms with Crippen molar-refractivity contribution in [2.75, 3.05) is 20.8 Å². The van der Waals surface area contributed by atoms with E-state index < -0.39 is 43.3 Å². The standard InChI is InChI=1S/C15H22N3O8P/c1-9-7-18(15(21)16-13(9)19)12-6-5-11(26-12)8-25-27(22,24-4)17-10(2)14(20)23-3/h5-7,10-12H,8H2,1-4H3,(H,17,22)(H,16,19,21). The number of carbonyl (C=O) groups is 1. The third kappa shape index (κ3) is 5.24. The summed E-state index contributed by atoms with van der Waals surface area (Å²) in [7, 11) is -1.39. The molecule has 27 heavy (non-hydrogen) atoms. The van der Waals surface area contributed by atoms with Gasteiger partial charge in [0.2, 0.25) is 0 Å². The molecule has 4 unspecified atom stereocenters. The van der Waals surface area contributed by atoms with Crippen LogP contribution in [0.5, 0.6) is 0 Å². The molecule has 4 atom stereocenters. The van der Waals surface area contributed by atoms with Crippen molar-refractivity contribution in [1.82, 2.24) is 14.6 Å². The maximum atomic E-state index is 12.5. The second kappa shape index (κ2) is 8.77. The lowest BCUT2D eigenvalue weighted by atomic mass is 10.3. The Bertz CT molecular complexity index is 877. The third-order valence-corrected chi connectivity index (χ3v) is 5.45. The summed E-state index contributed by atoms with van der Waals surface area (Å²) >= 11 is 0. The second-order valence-corrected chi connectivity index (χ2v) is 7.65. The fraction of sp³-hybridized carbons (Fsp3) is 0.533. The summed E-state index contributed by atoms with van der Waals surface area (Å²) in [5.41, 5.74) is -0.723. The predicted molar refractivity (Wildman–Crippen MR) is 94.3 cm³/mol. The van der Waals surface area contributed by atoms with E-state index in [1.807, 2.05) is 0 Å². The summed E-state index contributed by atoms with van der Waals surface area (Å²) in [5, 5.41) is 2.45. The molecule has 1 aromatic heterocycles. The highest BCUT2D eigenvalue weighted by atomic mass is 31.2. The fourth-order valence-corrected chi connectivity index (χ4v) is 3.51. The average Bonchev–Trinajstić information content (AvgIpc) is 3.11. The van der Waals surface area contributed by atoms with Crippen molar-refractivity contribution < 1.29 is 27.9 Å². The van der Waals surface area contributed by atoms with Gasteiger partial charge in [-0.3, -0.25) is 23.7 Å². The van der Waals surface area contributed by atoms with Crippen LogP contribution in [0.15, 0.2) is 27.9 Å². The first kappa shape index (κ1) is 21.3. The maximum absolute atomic E-state index is 12.5. The highest BCUT2D eigenvalue weighted by molar-refractivity contribution is 7.51. The van der Waals surface area contributed by atoms with Crippen LogP contribution < -0.4 is 16.3 Å². The van der Waals surface area contributed by atoms with Crippen LogP contribution in [0.3, 0.4) is 0 Å². The first-order valence-corrected chi connectivity index (χ1v) is 9.55. The van der Waals surface area contributed by atoms with Crippen molar-refractivity contribution in [2.45, 2.75) is 32.2 Å². The lowest BCUT2D eigenvalue weighted by Gasteiger charge is -2.22. The van der Waals surface area contributed by atoms with Gasteiger partial charge in [-0.2, -0.15) is 0 Å². The van der Waals surface area contributed by atoms with Gasteiger partial charge in [-0.25, -0.2) is 14.4 Å². The van der Waals surface area contributed by atoms with Crippen LogP contribution in [-0.4, -0.2) is 48.5 Å². The zero-order chi connectivity index (χ0) is 20.2. The van der Waals surface area contributed by atoms with Crippen molar-refractivity contribution in [3.05, 3.63) is 44.8 Å². The lowest BCUT2D eigenvalue weighted by molar-refractivity contribution is -0.142. The summed E-state index contributed by atoms with van der Waals surface area (Å²) < 4.78 is 34.1. The number of nitrogens with zero attached hydrogens (tertiary/aromatic N) is 1. The zero-order valence-corrected chi connectivity index (χ0v) is 16.2. The number of aryl methyl sites for hydroxylation is 1. The largest absolute Gasteiger partial charge is 0.468 e. The molecule has 0 amide bonds. The molecule has 0 aromatic carbocycles. The molecule has 150 valence electrons. The molecule has 11 nitrogen and oxygen atoms in total. The first-order valence-electron chi connectivity index (χ1n) is 8.01. The molecule has 0 bridgehead atoms. The van der Waals surface area contributed by atoms with Crippen molar-refractivity contribution in [1.29, 1.82) is 0 Å². The molecule has 1 aliphatic heterocycles. The molecule has 2 N–H and O–H groups in total. The van der Waals surface area contributed by atoms with Crippen LogP contribution >= 0.6 is 7.75 Å². The SMILES string of the molecule is COC(=O)C(C)NP(=O)(OC)OCC1C=CC(n2cc(C)c(=O)[nH]c2=O)O1. The summed E-state index contributed by atoms with van der Waals surface area (Å²) in [6.07, 6.45) is 3.26. The Kier molecular flexibility index (Phi) is 6.90. The van der Waals surface area contributed by atoms with E-state index in [0.29, 0.717) is 5.56 Å². The van der Waals surface area contributed by atoms with E-state index in [2.05, 4.69) is 14.8 Å². The summed E-state index contributed by atoms with van der Waals surface area (Å²) in [6, 6.07) is -0.906. The van der Waals surface area contributed by atoms with Gasteiger partial charge in [0.25, 0.3) is 5.56 Å². The normalized spacial score (nSPS) is 22.4. The van der Waals surface area contributed by atoms with Gasteiger partial charge < -0.3 is 14.0 Å². The number of rotatable bonds is 8. The monoisotopic (exact) mass is 403 g/mol. The van der Waals surface area contributed by atoms with E-state index in [-0.39, 0.29) is 6.61 Å². The zero-order valence-electron chi connectivity index (χ0n) is 15.3. The Morgan fingerprint density at radius 1 is 1.41 bits per heavy atom. The second-order valence-electron chi connectivity index (χ2n) is 5.78. The average molecular weight is 403 g/mol. The molecular weight excluding hydrogens is 381 g/mol. The minimum Gasteiger partial charge on any atom is -0.468 e. The summed E-state index contributed by atoms with van der Waals surface area (Å²) in [6.45, 7) is 2.86. The van der Waals surface area contributed by atoms with Crippen LogP contribution in [-0.2, 0) is 27.9 Å². The minimum atomic E-state index is -3.77. The van der Waals surface area contributed by atoms with Crippen LogP contribution in [0.2, 0.25) is 0 Å². The summed E-state index contributed by atoms with van der Waals surface area (Å²) in [5.74, 6) is -0.624. The number of nitrogens with one attached hydrogen (secondary N) is 2. The van der Waals surface area contributed by atoms with Crippen molar-refractivity contribution in [3.63, 3.8) is 0 Å². The van der Waals surface area contributed by atoms with Crippen LogP contribution in [0, 0.1) is 6.92 Å². The van der Waals surface area contributed by atoms with Gasteiger partial charge in [-0.1, -0.05) is 6.08 Å². The molecular formula is C15H22N3O8P. The molecule has 0 fully saturated rings. The Morgan fingerprint density at radius 2 is 2.11 bits per heavy atom. The third-order valence-electron chi connectivity index (χ3n) is 3.78. The van der Waals surface area contributed by atoms with E-state index in [1.54, 1.807) is 19.1 Å². The van der Waals surface area contributed by atoms with E-state index in [4.69, 9.17) is 13.8 Å². The van der Waals surface area contributed by atoms with Gasteiger partial charge in [0.1, 0.15) is 12.1 Å². The van der Waals surface area contributed by atoms with Gasteiger partial charge in [0.05, 0.1) is 13.7 Å². The molecule has 0 radical (unpaired) electrons. The number of esters is 1. The molecule has 0 saturated carbocycles. The number of hydrogen-bond donors (Lipinski definition) is 2. The maximum Gasteiger partial charge on any atom is 0.406 e. The van der Waals surface area contributed by atoms with Crippen LogP contribution in [0.25, 0.3) is 0 Å². The quantitative estimate of drug-likeness (QED) is 0.355. The molecule has 0 spiro atoms. The van der Waals surface area contributed by atoms with E-state index in [1.165, 1.54) is 31.9 Å². The Morgan fingerprint density at radius 3 is 2.74 bits per heavy atom. The van der Waals surface area contributed by atoms with E-state index >= 15 is 0 Å². The van der Waals surface area contributed by atoms with E-state index in [9.17, 15) is 18.9 Å². The molecule has 0 saturated heterocycles. The number of ether oxygens (including phenoxy) is 2. The molecule has 12 heteroatoms. The first-order chi connectivity index (χ1) is 12.7. The van der Waals surface area contributed by atoms with Gasteiger partial charge >= 0.3 is 19.4 Å². The smallest absolute Gasteiger partial charge is 0.406 e. The topological polar surface area (TPSA) is 138 Å².